The Hall–Kier alpha value is -0.810. The van der Waals surface area contributed by atoms with Crippen LogP contribution in [-0.4, -0.2) is 64.3 Å². The fourth-order valence-corrected chi connectivity index (χ4v) is 3.23. The minimum atomic E-state index is 0.839. The zero-order valence-electron chi connectivity index (χ0n) is 15.3. The molecule has 0 atom stereocenters. The van der Waals surface area contributed by atoms with Crippen molar-refractivity contribution in [2.75, 3.05) is 53.5 Å². The van der Waals surface area contributed by atoms with Crippen molar-refractivity contribution in [3.8, 4) is 0 Å². The highest BCUT2D eigenvalue weighted by Gasteiger charge is 2.41. The monoisotopic (exact) mass is 324 g/mol. The van der Waals surface area contributed by atoms with Gasteiger partial charge in [0.25, 0.3) is 0 Å². The second kappa shape index (κ2) is 10.1. The lowest BCUT2D eigenvalue weighted by atomic mass is 9.98. The molecule has 2 aliphatic carbocycles. The lowest BCUT2D eigenvalue weighted by Gasteiger charge is -2.19. The van der Waals surface area contributed by atoms with Gasteiger partial charge in [0, 0.05) is 46.4 Å². The van der Waals surface area contributed by atoms with E-state index in [9.17, 15) is 0 Å². The summed E-state index contributed by atoms with van der Waals surface area (Å²) in [5.74, 6) is 3.79. The Labute approximate surface area is 142 Å². The molecule has 0 spiro atoms. The molecule has 0 unspecified atom stereocenters. The zero-order chi connectivity index (χ0) is 16.5. The predicted octanol–water partition coefficient (Wildman–Crippen LogP) is 1.95. The summed E-state index contributed by atoms with van der Waals surface area (Å²) in [7, 11) is 3.93. The van der Waals surface area contributed by atoms with E-state index in [4.69, 9.17) is 9.73 Å². The van der Waals surface area contributed by atoms with Crippen molar-refractivity contribution in [2.24, 2.45) is 22.7 Å². The third-order valence-electron chi connectivity index (χ3n) is 4.93. The fraction of sp³-hybridized carbons (Fsp3) is 0.944. The summed E-state index contributed by atoms with van der Waals surface area (Å²) in [5, 5.41) is 6.87. The molecule has 0 aromatic heterocycles. The van der Waals surface area contributed by atoms with Gasteiger partial charge in [-0.25, -0.2) is 0 Å². The van der Waals surface area contributed by atoms with Crippen LogP contribution in [0.1, 0.15) is 39.0 Å². The normalized spacial score (nSPS) is 18.7. The van der Waals surface area contributed by atoms with Gasteiger partial charge in [-0.2, -0.15) is 0 Å². The highest BCUT2D eigenvalue weighted by atomic mass is 16.5. The SMILES string of the molecule is CCNC(=NCC(C1CC1)C1CC1)NCCN(C)CCCOC. The van der Waals surface area contributed by atoms with Crippen LogP contribution in [0.3, 0.4) is 0 Å². The van der Waals surface area contributed by atoms with Gasteiger partial charge in [0.1, 0.15) is 0 Å². The number of guanidine groups is 1. The Bertz CT molecular complexity index is 341. The van der Waals surface area contributed by atoms with Gasteiger partial charge >= 0.3 is 0 Å². The highest BCUT2D eigenvalue weighted by molar-refractivity contribution is 5.79. The van der Waals surface area contributed by atoms with Crippen molar-refractivity contribution in [1.29, 1.82) is 0 Å². The minimum absolute atomic E-state index is 0.839. The van der Waals surface area contributed by atoms with E-state index in [0.717, 1.165) is 69.5 Å². The van der Waals surface area contributed by atoms with E-state index in [1.807, 2.05) is 0 Å². The first-order valence-electron chi connectivity index (χ1n) is 9.44. The molecule has 134 valence electrons. The summed E-state index contributed by atoms with van der Waals surface area (Å²) in [5.41, 5.74) is 0. The maximum absolute atomic E-state index is 5.10. The summed E-state index contributed by atoms with van der Waals surface area (Å²) < 4.78 is 5.10. The van der Waals surface area contributed by atoms with Crippen molar-refractivity contribution in [1.82, 2.24) is 15.5 Å². The first-order chi connectivity index (χ1) is 11.2. The number of nitrogens with zero attached hydrogens (tertiary/aromatic N) is 2. The van der Waals surface area contributed by atoms with Crippen LogP contribution in [0.15, 0.2) is 4.99 Å². The molecule has 0 amide bonds. The quantitative estimate of drug-likeness (QED) is 0.327. The van der Waals surface area contributed by atoms with E-state index < -0.39 is 0 Å². The average Bonchev–Trinajstić information content (AvgIpc) is 3.41. The Morgan fingerprint density at radius 3 is 2.43 bits per heavy atom. The van der Waals surface area contributed by atoms with E-state index in [-0.39, 0.29) is 0 Å². The summed E-state index contributed by atoms with van der Waals surface area (Å²) in [6.07, 6.45) is 6.84. The molecular formula is C18H36N4O. The van der Waals surface area contributed by atoms with Crippen LogP contribution in [0, 0.1) is 17.8 Å². The molecule has 0 heterocycles. The van der Waals surface area contributed by atoms with E-state index in [1.165, 1.54) is 25.7 Å². The molecule has 2 fully saturated rings. The van der Waals surface area contributed by atoms with Crippen molar-refractivity contribution in [3.05, 3.63) is 0 Å². The van der Waals surface area contributed by atoms with Crippen LogP contribution in [-0.2, 0) is 4.74 Å². The number of methoxy groups -OCH3 is 1. The molecule has 2 N–H and O–H groups in total. The first-order valence-corrected chi connectivity index (χ1v) is 9.44. The van der Waals surface area contributed by atoms with Gasteiger partial charge in [-0.3, -0.25) is 4.99 Å². The van der Waals surface area contributed by atoms with Gasteiger partial charge in [-0.15, -0.1) is 0 Å². The van der Waals surface area contributed by atoms with Gasteiger partial charge < -0.3 is 20.3 Å². The number of aliphatic imine (C=N–C) groups is 1. The van der Waals surface area contributed by atoms with Gasteiger partial charge in [0.05, 0.1) is 0 Å². The number of hydrogen-bond acceptors (Lipinski definition) is 3. The Morgan fingerprint density at radius 2 is 1.87 bits per heavy atom. The Balaban J connectivity index is 1.66. The fourth-order valence-electron chi connectivity index (χ4n) is 3.23. The van der Waals surface area contributed by atoms with Crippen molar-refractivity contribution in [2.45, 2.75) is 39.0 Å². The van der Waals surface area contributed by atoms with Crippen molar-refractivity contribution < 1.29 is 4.74 Å². The molecule has 2 aliphatic rings. The maximum atomic E-state index is 5.10. The van der Waals surface area contributed by atoms with Crippen LogP contribution in [0.2, 0.25) is 0 Å². The average molecular weight is 325 g/mol. The molecule has 0 aromatic carbocycles. The molecule has 0 aliphatic heterocycles. The third kappa shape index (κ3) is 7.53. The smallest absolute Gasteiger partial charge is 0.191 e. The van der Waals surface area contributed by atoms with E-state index >= 15 is 0 Å². The van der Waals surface area contributed by atoms with Crippen LogP contribution < -0.4 is 10.6 Å². The number of rotatable bonds is 12. The summed E-state index contributed by atoms with van der Waals surface area (Å²) in [6.45, 7) is 7.95. The molecule has 23 heavy (non-hydrogen) atoms. The van der Waals surface area contributed by atoms with E-state index in [0.29, 0.717) is 0 Å². The number of nitrogens with one attached hydrogen (secondary N) is 2. The van der Waals surface area contributed by atoms with Gasteiger partial charge in [0.15, 0.2) is 5.96 Å². The first kappa shape index (κ1) is 18.5. The Kier molecular flexibility index (Phi) is 8.17. The van der Waals surface area contributed by atoms with Crippen molar-refractivity contribution >= 4 is 5.96 Å². The second-order valence-electron chi connectivity index (χ2n) is 7.13. The van der Waals surface area contributed by atoms with Crippen LogP contribution in [0.5, 0.6) is 0 Å². The van der Waals surface area contributed by atoms with E-state index in [1.54, 1.807) is 7.11 Å². The zero-order valence-corrected chi connectivity index (χ0v) is 15.3. The molecule has 0 saturated heterocycles. The minimum Gasteiger partial charge on any atom is -0.385 e. The lowest BCUT2D eigenvalue weighted by Crippen LogP contribution is -2.41. The third-order valence-corrected chi connectivity index (χ3v) is 4.93. The van der Waals surface area contributed by atoms with Crippen LogP contribution in [0.25, 0.3) is 0 Å². The standard InChI is InChI=1S/C18H36N4O/c1-4-19-18(20-10-12-22(2)11-5-13-23-3)21-14-17(15-6-7-15)16-8-9-16/h15-17H,4-14H2,1-3H3,(H2,19,20,21). The molecule has 0 radical (unpaired) electrons. The van der Waals surface area contributed by atoms with Gasteiger partial charge in [-0.1, -0.05) is 0 Å². The molecular weight excluding hydrogens is 288 g/mol. The van der Waals surface area contributed by atoms with Crippen LogP contribution >= 0.6 is 0 Å². The summed E-state index contributed by atoms with van der Waals surface area (Å²) >= 11 is 0. The van der Waals surface area contributed by atoms with Crippen LogP contribution in [0.4, 0.5) is 0 Å². The number of hydrogen-bond donors (Lipinski definition) is 2. The topological polar surface area (TPSA) is 48.9 Å². The van der Waals surface area contributed by atoms with Crippen molar-refractivity contribution in [3.63, 3.8) is 0 Å². The summed E-state index contributed by atoms with van der Waals surface area (Å²) in [4.78, 5) is 7.20. The second-order valence-corrected chi connectivity index (χ2v) is 7.13. The Morgan fingerprint density at radius 1 is 1.17 bits per heavy atom. The van der Waals surface area contributed by atoms with E-state index in [2.05, 4.69) is 29.5 Å². The lowest BCUT2D eigenvalue weighted by molar-refractivity contribution is 0.180. The van der Waals surface area contributed by atoms with Gasteiger partial charge in [0.2, 0.25) is 0 Å². The molecule has 2 rings (SSSR count). The summed E-state index contributed by atoms with van der Waals surface area (Å²) in [6, 6.07) is 0. The number of likely N-dealkylation sites (N-methyl/N-ethyl adjacent to an activating group) is 1. The maximum Gasteiger partial charge on any atom is 0.191 e. The number of ether oxygens (including phenoxy) is 1. The molecule has 0 aromatic rings. The molecule has 0 bridgehead atoms. The molecule has 2 saturated carbocycles. The molecule has 5 heteroatoms. The largest absolute Gasteiger partial charge is 0.385 e. The molecule has 5 nitrogen and oxygen atoms in total. The van der Waals surface area contributed by atoms with Gasteiger partial charge in [-0.05, 0) is 63.8 Å². The predicted molar refractivity (Wildman–Crippen MR) is 96.9 cm³/mol. The highest BCUT2D eigenvalue weighted by Crippen LogP contribution is 2.49.